The van der Waals surface area contributed by atoms with Gasteiger partial charge in [-0.25, -0.2) is 8.91 Å². The third kappa shape index (κ3) is 4.82. The number of hydrogen-bond acceptors (Lipinski definition) is 5. The highest BCUT2D eigenvalue weighted by Crippen LogP contribution is 2.22. The van der Waals surface area contributed by atoms with Crippen LogP contribution in [0.1, 0.15) is 13.3 Å². The number of halogens is 1. The summed E-state index contributed by atoms with van der Waals surface area (Å²) < 4.78 is 22.7. The molecule has 1 aliphatic rings. The van der Waals surface area contributed by atoms with E-state index in [1.807, 2.05) is 42.2 Å². The highest BCUT2D eigenvalue weighted by molar-refractivity contribution is 5.76. The molecule has 0 radical (unpaired) electrons. The fraction of sp³-hybridized carbons (Fsp3) is 0.296. The van der Waals surface area contributed by atoms with Crippen molar-refractivity contribution in [3.8, 4) is 17.0 Å². The van der Waals surface area contributed by atoms with Gasteiger partial charge in [-0.05, 0) is 49.4 Å². The van der Waals surface area contributed by atoms with Crippen LogP contribution in [-0.2, 0) is 11.3 Å². The summed E-state index contributed by atoms with van der Waals surface area (Å²) in [7, 11) is 0. The van der Waals surface area contributed by atoms with Crippen LogP contribution in [0.5, 0.6) is 5.75 Å². The van der Waals surface area contributed by atoms with Gasteiger partial charge in [-0.2, -0.15) is 5.10 Å². The number of carbonyl (C=O) groups is 1. The van der Waals surface area contributed by atoms with Gasteiger partial charge in [0.05, 0.1) is 18.0 Å². The Morgan fingerprint density at radius 2 is 1.78 bits per heavy atom. The van der Waals surface area contributed by atoms with E-state index >= 15 is 0 Å². The van der Waals surface area contributed by atoms with Gasteiger partial charge >= 0.3 is 0 Å². The Morgan fingerprint density at radius 3 is 2.50 bits per heavy atom. The number of amides is 1. The highest BCUT2D eigenvalue weighted by atomic mass is 19.1. The predicted molar refractivity (Wildman–Crippen MR) is 136 cm³/mol. The van der Waals surface area contributed by atoms with E-state index in [9.17, 15) is 14.0 Å². The SMILES string of the molecule is CCOc1ccc(-c2cc3c(=O)n(CCC(=O)N4CCN(c5ccccc5F)CC4)ccn3n2)cc1. The van der Waals surface area contributed by atoms with Crippen molar-refractivity contribution in [2.75, 3.05) is 37.7 Å². The summed E-state index contributed by atoms with van der Waals surface area (Å²) >= 11 is 0. The minimum atomic E-state index is -0.252. The Labute approximate surface area is 208 Å². The molecule has 1 fully saturated rings. The average Bonchev–Trinajstić information content (AvgIpc) is 3.35. The Balaban J connectivity index is 1.22. The Morgan fingerprint density at radius 1 is 1.03 bits per heavy atom. The minimum absolute atomic E-state index is 0.0152. The van der Waals surface area contributed by atoms with E-state index in [1.165, 1.54) is 6.07 Å². The van der Waals surface area contributed by atoms with Gasteiger partial charge in [0.1, 0.15) is 17.1 Å². The molecule has 0 spiro atoms. The second kappa shape index (κ2) is 10.2. The van der Waals surface area contributed by atoms with Crippen LogP contribution in [-0.4, -0.2) is 57.8 Å². The first-order chi connectivity index (χ1) is 17.5. The molecule has 0 aliphatic carbocycles. The first-order valence-corrected chi connectivity index (χ1v) is 12.1. The highest BCUT2D eigenvalue weighted by Gasteiger charge is 2.22. The molecule has 9 heteroatoms. The second-order valence-electron chi connectivity index (χ2n) is 8.68. The third-order valence-electron chi connectivity index (χ3n) is 6.46. The maximum atomic E-state index is 14.1. The molecule has 0 saturated carbocycles. The van der Waals surface area contributed by atoms with Gasteiger partial charge < -0.3 is 19.1 Å². The Kier molecular flexibility index (Phi) is 6.71. The van der Waals surface area contributed by atoms with Crippen LogP contribution in [0, 0.1) is 5.82 Å². The van der Waals surface area contributed by atoms with Crippen molar-refractivity contribution in [3.63, 3.8) is 0 Å². The molecule has 2 aromatic carbocycles. The lowest BCUT2D eigenvalue weighted by atomic mass is 10.1. The lowest BCUT2D eigenvalue weighted by molar-refractivity contribution is -0.131. The van der Waals surface area contributed by atoms with E-state index in [0.717, 1.165) is 11.3 Å². The smallest absolute Gasteiger partial charge is 0.276 e. The first kappa shape index (κ1) is 23.6. The molecule has 36 heavy (non-hydrogen) atoms. The number of fused-ring (bicyclic) bond motifs is 1. The van der Waals surface area contributed by atoms with Gasteiger partial charge in [0.2, 0.25) is 5.91 Å². The van der Waals surface area contributed by atoms with E-state index in [4.69, 9.17) is 4.74 Å². The molecule has 1 saturated heterocycles. The molecule has 0 bridgehead atoms. The lowest BCUT2D eigenvalue weighted by Crippen LogP contribution is -2.49. The number of nitrogens with zero attached hydrogens (tertiary/aromatic N) is 5. The molecule has 1 aliphatic heterocycles. The molecule has 0 atom stereocenters. The van der Waals surface area contributed by atoms with Gasteiger partial charge in [0, 0.05) is 57.1 Å². The van der Waals surface area contributed by atoms with Gasteiger partial charge in [-0.3, -0.25) is 9.59 Å². The Bertz CT molecular complexity index is 1420. The summed E-state index contributed by atoms with van der Waals surface area (Å²) in [5.41, 5.74) is 2.40. The van der Waals surface area contributed by atoms with E-state index in [0.29, 0.717) is 49.7 Å². The van der Waals surface area contributed by atoms with Gasteiger partial charge in [0.15, 0.2) is 0 Å². The van der Waals surface area contributed by atoms with Gasteiger partial charge in [-0.1, -0.05) is 12.1 Å². The quantitative estimate of drug-likeness (QED) is 0.398. The number of benzene rings is 2. The fourth-order valence-corrected chi connectivity index (χ4v) is 4.51. The zero-order valence-corrected chi connectivity index (χ0v) is 20.1. The van der Waals surface area contributed by atoms with Crippen LogP contribution in [0.4, 0.5) is 10.1 Å². The molecule has 3 heterocycles. The molecule has 0 N–H and O–H groups in total. The van der Waals surface area contributed by atoms with Crippen molar-refractivity contribution in [1.29, 1.82) is 0 Å². The molecular weight excluding hydrogens is 461 g/mol. The van der Waals surface area contributed by atoms with Crippen molar-refractivity contribution in [1.82, 2.24) is 19.1 Å². The number of rotatable bonds is 7. The first-order valence-electron chi connectivity index (χ1n) is 12.1. The fourth-order valence-electron chi connectivity index (χ4n) is 4.51. The zero-order chi connectivity index (χ0) is 25.1. The van der Waals surface area contributed by atoms with Crippen LogP contribution < -0.4 is 15.2 Å². The number of anilines is 1. The van der Waals surface area contributed by atoms with E-state index in [1.54, 1.807) is 44.6 Å². The summed E-state index contributed by atoms with van der Waals surface area (Å²) in [6.45, 7) is 5.00. The summed E-state index contributed by atoms with van der Waals surface area (Å²) in [4.78, 5) is 29.6. The molecule has 8 nitrogen and oxygen atoms in total. The standard InChI is InChI=1S/C27H28FN5O3/c1-2-36-21-9-7-20(8-10-21)23-19-25-27(35)32(17-18-33(25)29-23)12-11-26(34)31-15-13-30(14-16-31)24-6-4-3-5-22(24)28/h3-10,17-19H,2,11-16H2,1H3. The number of aromatic nitrogens is 3. The number of carbonyl (C=O) groups excluding carboxylic acids is 1. The summed E-state index contributed by atoms with van der Waals surface area (Å²) in [5, 5.41) is 4.52. The number of aryl methyl sites for hydroxylation is 1. The Hall–Kier alpha value is -4.14. The maximum absolute atomic E-state index is 14.1. The summed E-state index contributed by atoms with van der Waals surface area (Å²) in [5.74, 6) is 0.516. The van der Waals surface area contributed by atoms with Crippen molar-refractivity contribution in [2.45, 2.75) is 19.9 Å². The van der Waals surface area contributed by atoms with Gasteiger partial charge in [0.25, 0.3) is 5.56 Å². The number of para-hydroxylation sites is 1. The van der Waals surface area contributed by atoms with Crippen molar-refractivity contribution in [2.24, 2.45) is 0 Å². The molecule has 4 aromatic rings. The van der Waals surface area contributed by atoms with Crippen LogP contribution in [0.15, 0.2) is 71.8 Å². The van der Waals surface area contributed by atoms with Crippen molar-refractivity contribution >= 4 is 17.1 Å². The monoisotopic (exact) mass is 489 g/mol. The van der Waals surface area contributed by atoms with Gasteiger partial charge in [-0.15, -0.1) is 0 Å². The lowest BCUT2D eigenvalue weighted by Gasteiger charge is -2.36. The van der Waals surface area contributed by atoms with Crippen LogP contribution >= 0.6 is 0 Å². The molecule has 186 valence electrons. The van der Waals surface area contributed by atoms with Crippen LogP contribution in [0.25, 0.3) is 16.8 Å². The normalized spacial score (nSPS) is 13.8. The second-order valence-corrected chi connectivity index (χ2v) is 8.68. The third-order valence-corrected chi connectivity index (χ3v) is 6.46. The minimum Gasteiger partial charge on any atom is -0.494 e. The van der Waals surface area contributed by atoms with Crippen molar-refractivity contribution in [3.05, 3.63) is 83.2 Å². The molecule has 2 aromatic heterocycles. The topological polar surface area (TPSA) is 72.1 Å². The molecule has 5 rings (SSSR count). The number of hydrogen-bond donors (Lipinski definition) is 0. The van der Waals surface area contributed by atoms with E-state index in [-0.39, 0.29) is 30.2 Å². The molecule has 1 amide bonds. The predicted octanol–water partition coefficient (Wildman–Crippen LogP) is 3.44. The summed E-state index contributed by atoms with van der Waals surface area (Å²) in [6.07, 6.45) is 3.61. The van der Waals surface area contributed by atoms with E-state index < -0.39 is 0 Å². The van der Waals surface area contributed by atoms with Crippen LogP contribution in [0.2, 0.25) is 0 Å². The molecule has 0 unspecified atom stereocenters. The largest absolute Gasteiger partial charge is 0.494 e. The molecular formula is C27H28FN5O3. The average molecular weight is 490 g/mol. The summed E-state index contributed by atoms with van der Waals surface area (Å²) in [6, 6.07) is 16.0. The van der Waals surface area contributed by atoms with Crippen LogP contribution in [0.3, 0.4) is 0 Å². The zero-order valence-electron chi connectivity index (χ0n) is 20.1. The number of piperazine rings is 1. The van der Waals surface area contributed by atoms with E-state index in [2.05, 4.69) is 5.10 Å². The van der Waals surface area contributed by atoms with Crippen molar-refractivity contribution < 1.29 is 13.9 Å². The maximum Gasteiger partial charge on any atom is 0.276 e. The number of ether oxygens (including phenoxy) is 1.